The summed E-state index contributed by atoms with van der Waals surface area (Å²) in [6.45, 7) is 4.05. The Kier molecular flexibility index (Phi) is 65.3. The first-order valence-corrected chi connectivity index (χ1v) is 33.8. The molecule has 0 aliphatic heterocycles. The standard InChI is InChI=1S/C73H128O5/c1-3-5-7-9-11-13-15-17-19-21-23-25-27-29-31-33-35-36-38-40-42-44-46-48-50-52-54-56-58-60-62-64-66-68-73(76)78-71(69-74)70-77-72(75)67-65-63-61-59-57-55-53-51-49-47-45-43-41-39-37-34-32-30-28-26-24-22-20-18-16-14-12-10-8-6-4-2/h5,7,11,13,16-19,22-25,28-31,71,74H,3-4,6,8-10,12,14-15,20-21,26-27,32-70H2,1-2H3/b7-5-,13-11-,18-16-,19-17-,24-22-,25-23-,30-28-,31-29-. The van der Waals surface area contributed by atoms with E-state index in [1.807, 2.05) is 0 Å². The van der Waals surface area contributed by atoms with Crippen LogP contribution in [0.1, 0.15) is 335 Å². The highest BCUT2D eigenvalue weighted by Crippen LogP contribution is 2.18. The molecular weight excluding hydrogens is 957 g/mol. The number of hydrogen-bond donors (Lipinski definition) is 1. The molecule has 0 heterocycles. The Morgan fingerprint density at radius 3 is 0.833 bits per heavy atom. The summed E-state index contributed by atoms with van der Waals surface area (Å²) in [6, 6.07) is 0. The number of esters is 2. The van der Waals surface area contributed by atoms with Gasteiger partial charge in [-0.05, 0) is 96.3 Å². The van der Waals surface area contributed by atoms with Crippen LogP contribution in [0.15, 0.2) is 97.2 Å². The Hall–Kier alpha value is -3.18. The van der Waals surface area contributed by atoms with E-state index in [-0.39, 0.29) is 25.2 Å². The Morgan fingerprint density at radius 1 is 0.308 bits per heavy atom. The van der Waals surface area contributed by atoms with Crippen LogP contribution >= 0.6 is 0 Å². The van der Waals surface area contributed by atoms with Gasteiger partial charge in [-0.15, -0.1) is 0 Å². The smallest absolute Gasteiger partial charge is 0.306 e. The number of aliphatic hydroxyl groups is 1. The lowest BCUT2D eigenvalue weighted by molar-refractivity contribution is -0.161. The second kappa shape index (κ2) is 68.1. The number of aliphatic hydroxyl groups excluding tert-OH is 1. The summed E-state index contributed by atoms with van der Waals surface area (Å²) in [5.74, 6) is -0.579. The maximum Gasteiger partial charge on any atom is 0.306 e. The molecule has 0 aromatic rings. The van der Waals surface area contributed by atoms with E-state index in [0.29, 0.717) is 12.8 Å². The number of hydrogen-bond acceptors (Lipinski definition) is 5. The van der Waals surface area contributed by atoms with Gasteiger partial charge in [-0.1, -0.05) is 323 Å². The first-order valence-electron chi connectivity index (χ1n) is 33.8. The van der Waals surface area contributed by atoms with Crippen molar-refractivity contribution in [2.45, 2.75) is 341 Å². The molecule has 450 valence electrons. The van der Waals surface area contributed by atoms with E-state index in [2.05, 4.69) is 111 Å². The monoisotopic (exact) mass is 1080 g/mol. The summed E-state index contributed by atoms with van der Waals surface area (Å²) in [7, 11) is 0. The van der Waals surface area contributed by atoms with Crippen molar-refractivity contribution in [3.05, 3.63) is 97.2 Å². The molecule has 1 atom stereocenters. The fraction of sp³-hybridized carbons (Fsp3) is 0.753. The van der Waals surface area contributed by atoms with Crippen molar-refractivity contribution in [3.63, 3.8) is 0 Å². The van der Waals surface area contributed by atoms with Crippen LogP contribution in [-0.4, -0.2) is 36.4 Å². The number of rotatable bonds is 62. The van der Waals surface area contributed by atoms with Crippen LogP contribution in [0.3, 0.4) is 0 Å². The third-order valence-corrected chi connectivity index (χ3v) is 14.9. The molecule has 5 heteroatoms. The summed E-state index contributed by atoms with van der Waals surface area (Å²) in [4.78, 5) is 24.6. The summed E-state index contributed by atoms with van der Waals surface area (Å²) in [5.41, 5.74) is 0. The molecule has 0 saturated heterocycles. The van der Waals surface area contributed by atoms with Gasteiger partial charge in [-0.2, -0.15) is 0 Å². The fourth-order valence-corrected chi connectivity index (χ4v) is 9.83. The van der Waals surface area contributed by atoms with Gasteiger partial charge in [0.2, 0.25) is 0 Å². The Bertz CT molecular complexity index is 1460. The molecule has 0 aliphatic rings. The molecule has 78 heavy (non-hydrogen) atoms. The molecule has 0 amide bonds. The van der Waals surface area contributed by atoms with E-state index in [9.17, 15) is 14.7 Å². The maximum atomic E-state index is 12.4. The summed E-state index contributed by atoms with van der Waals surface area (Å²) < 4.78 is 10.8. The van der Waals surface area contributed by atoms with Crippen molar-refractivity contribution in [2.75, 3.05) is 13.2 Å². The minimum Gasteiger partial charge on any atom is -0.462 e. The minimum atomic E-state index is -0.776. The first kappa shape index (κ1) is 74.8. The summed E-state index contributed by atoms with van der Waals surface area (Å²) >= 11 is 0. The Balaban J connectivity index is 3.45. The first-order chi connectivity index (χ1) is 38.6. The zero-order valence-electron chi connectivity index (χ0n) is 51.7. The van der Waals surface area contributed by atoms with Crippen LogP contribution in [0.2, 0.25) is 0 Å². The highest BCUT2D eigenvalue weighted by atomic mass is 16.6. The molecule has 0 aromatic carbocycles. The predicted octanol–water partition coefficient (Wildman–Crippen LogP) is 23.4. The van der Waals surface area contributed by atoms with E-state index in [1.165, 1.54) is 225 Å². The third kappa shape index (κ3) is 65.3. The van der Waals surface area contributed by atoms with Crippen LogP contribution in [0.5, 0.6) is 0 Å². The quantitative estimate of drug-likeness (QED) is 0.0373. The van der Waals surface area contributed by atoms with Crippen molar-refractivity contribution in [2.24, 2.45) is 0 Å². The number of allylic oxidation sites excluding steroid dienone is 16. The van der Waals surface area contributed by atoms with Gasteiger partial charge in [0.1, 0.15) is 6.61 Å². The van der Waals surface area contributed by atoms with Crippen LogP contribution < -0.4 is 0 Å². The van der Waals surface area contributed by atoms with E-state index in [1.54, 1.807) is 0 Å². The molecular formula is C73H128O5. The zero-order chi connectivity index (χ0) is 56.2. The normalized spacial score (nSPS) is 12.8. The molecule has 1 unspecified atom stereocenters. The topological polar surface area (TPSA) is 72.8 Å². The van der Waals surface area contributed by atoms with Crippen molar-refractivity contribution >= 4 is 11.9 Å². The third-order valence-electron chi connectivity index (χ3n) is 14.9. The van der Waals surface area contributed by atoms with Gasteiger partial charge in [-0.25, -0.2) is 0 Å². The largest absolute Gasteiger partial charge is 0.462 e. The van der Waals surface area contributed by atoms with Gasteiger partial charge in [0.25, 0.3) is 0 Å². The molecule has 0 aromatic heterocycles. The zero-order valence-corrected chi connectivity index (χ0v) is 51.7. The molecule has 0 aliphatic carbocycles. The van der Waals surface area contributed by atoms with Gasteiger partial charge in [0.05, 0.1) is 6.61 Å². The van der Waals surface area contributed by atoms with E-state index in [4.69, 9.17) is 9.47 Å². The minimum absolute atomic E-state index is 0.0657. The van der Waals surface area contributed by atoms with Gasteiger partial charge in [0, 0.05) is 12.8 Å². The van der Waals surface area contributed by atoms with Crippen LogP contribution in [-0.2, 0) is 19.1 Å². The predicted molar refractivity (Wildman–Crippen MR) is 343 cm³/mol. The van der Waals surface area contributed by atoms with Crippen molar-refractivity contribution in [3.8, 4) is 0 Å². The summed E-state index contributed by atoms with van der Waals surface area (Å²) in [6.07, 6.45) is 97.1. The van der Waals surface area contributed by atoms with E-state index >= 15 is 0 Å². The highest BCUT2D eigenvalue weighted by Gasteiger charge is 2.16. The van der Waals surface area contributed by atoms with Crippen molar-refractivity contribution in [1.82, 2.24) is 0 Å². The van der Waals surface area contributed by atoms with Gasteiger partial charge in [0.15, 0.2) is 6.10 Å². The Morgan fingerprint density at radius 2 is 0.551 bits per heavy atom. The lowest BCUT2D eigenvalue weighted by Crippen LogP contribution is -2.28. The fourth-order valence-electron chi connectivity index (χ4n) is 9.83. The summed E-state index contributed by atoms with van der Waals surface area (Å²) in [5, 5.41) is 9.70. The number of ether oxygens (including phenoxy) is 2. The molecule has 0 fully saturated rings. The highest BCUT2D eigenvalue weighted by molar-refractivity contribution is 5.70. The van der Waals surface area contributed by atoms with Crippen molar-refractivity contribution < 1.29 is 24.2 Å². The number of carbonyl (C=O) groups excluding carboxylic acids is 2. The lowest BCUT2D eigenvalue weighted by atomic mass is 10.0. The number of carbonyl (C=O) groups is 2. The van der Waals surface area contributed by atoms with Crippen LogP contribution in [0, 0.1) is 0 Å². The van der Waals surface area contributed by atoms with Crippen LogP contribution in [0.4, 0.5) is 0 Å². The number of unbranched alkanes of at least 4 members (excludes halogenated alkanes) is 38. The van der Waals surface area contributed by atoms with Gasteiger partial charge >= 0.3 is 11.9 Å². The SMILES string of the molecule is CC/C=C\C/C=C\C/C=C\C/C=C\C/C=C\CCCCCCCCCCCCCCCCCCCC(=O)OC(CO)COC(=O)CCCCCCCCCCCCCCCCCC/C=C\C/C=C\C/C=C\CCCCCCC. The molecule has 0 radical (unpaired) electrons. The van der Waals surface area contributed by atoms with E-state index in [0.717, 1.165) is 83.5 Å². The maximum absolute atomic E-state index is 12.4. The second-order valence-corrected chi connectivity index (χ2v) is 22.5. The molecule has 0 rings (SSSR count). The average molecular weight is 1090 g/mol. The second-order valence-electron chi connectivity index (χ2n) is 22.5. The molecule has 0 saturated carbocycles. The van der Waals surface area contributed by atoms with Gasteiger partial charge in [-0.3, -0.25) is 9.59 Å². The Labute approximate surface area is 485 Å². The lowest BCUT2D eigenvalue weighted by Gasteiger charge is -2.15. The molecule has 5 nitrogen and oxygen atoms in total. The molecule has 0 spiro atoms. The molecule has 0 bridgehead atoms. The van der Waals surface area contributed by atoms with E-state index < -0.39 is 6.10 Å². The average Bonchev–Trinajstić information content (AvgIpc) is 3.44. The van der Waals surface area contributed by atoms with Crippen LogP contribution in [0.25, 0.3) is 0 Å². The van der Waals surface area contributed by atoms with Crippen molar-refractivity contribution in [1.29, 1.82) is 0 Å². The molecule has 1 N–H and O–H groups in total. The van der Waals surface area contributed by atoms with Gasteiger partial charge < -0.3 is 14.6 Å².